The summed E-state index contributed by atoms with van der Waals surface area (Å²) in [6, 6.07) is 12.6. The Kier molecular flexibility index (Phi) is 3.55. The SMILES string of the molecule is Cc1cc(C)c2oc(Nc3ccc(-c4c[nH]c5[nH+]cnc(N)c45)cc3)nc2c1. The van der Waals surface area contributed by atoms with Crippen molar-refractivity contribution in [3.63, 3.8) is 0 Å². The second-order valence-electron chi connectivity index (χ2n) is 6.89. The number of nitrogens with one attached hydrogen (secondary N) is 3. The number of aromatic amines is 2. The molecule has 7 heteroatoms. The summed E-state index contributed by atoms with van der Waals surface area (Å²) in [5.74, 6) is 0.490. The number of hydrogen-bond acceptors (Lipinski definition) is 5. The minimum atomic E-state index is 0.478. The summed E-state index contributed by atoms with van der Waals surface area (Å²) in [7, 11) is 0. The van der Waals surface area contributed by atoms with E-state index in [0.29, 0.717) is 11.8 Å². The maximum absolute atomic E-state index is 6.05. The van der Waals surface area contributed by atoms with E-state index >= 15 is 0 Å². The van der Waals surface area contributed by atoms with Crippen LogP contribution in [0.15, 0.2) is 53.3 Å². The molecule has 0 aliphatic rings. The fourth-order valence-corrected chi connectivity index (χ4v) is 3.55. The molecule has 28 heavy (non-hydrogen) atoms. The van der Waals surface area contributed by atoms with Crippen molar-refractivity contribution in [3.8, 4) is 11.1 Å². The third-order valence-electron chi connectivity index (χ3n) is 4.82. The average Bonchev–Trinajstić information content (AvgIpc) is 3.27. The van der Waals surface area contributed by atoms with E-state index in [2.05, 4.69) is 38.2 Å². The molecule has 3 heterocycles. The van der Waals surface area contributed by atoms with Gasteiger partial charge >= 0.3 is 0 Å². The van der Waals surface area contributed by atoms with Crippen LogP contribution in [0.5, 0.6) is 0 Å². The second-order valence-corrected chi connectivity index (χ2v) is 6.89. The number of anilines is 3. The van der Waals surface area contributed by atoms with Gasteiger partial charge in [-0.05, 0) is 48.7 Å². The number of aryl methyl sites for hydroxylation is 2. The normalized spacial score (nSPS) is 11.4. The highest BCUT2D eigenvalue weighted by Crippen LogP contribution is 2.31. The van der Waals surface area contributed by atoms with E-state index in [0.717, 1.165) is 44.5 Å². The Bertz CT molecular complexity index is 1320. The predicted molar refractivity (Wildman–Crippen MR) is 109 cm³/mol. The Morgan fingerprint density at radius 3 is 2.79 bits per heavy atom. The Labute approximate surface area is 160 Å². The first-order chi connectivity index (χ1) is 13.6. The first-order valence-corrected chi connectivity index (χ1v) is 8.97. The molecule has 0 bridgehead atoms. The Balaban J connectivity index is 1.46. The molecule has 0 saturated carbocycles. The molecule has 0 unspecified atom stereocenters. The van der Waals surface area contributed by atoms with Crippen LogP contribution in [-0.4, -0.2) is 15.0 Å². The number of nitrogen functional groups attached to an aromatic ring is 1. The van der Waals surface area contributed by atoms with E-state index in [-0.39, 0.29) is 0 Å². The lowest BCUT2D eigenvalue weighted by atomic mass is 10.1. The van der Waals surface area contributed by atoms with Gasteiger partial charge in [0, 0.05) is 11.3 Å². The van der Waals surface area contributed by atoms with Gasteiger partial charge in [-0.3, -0.25) is 4.98 Å². The Morgan fingerprint density at radius 2 is 1.96 bits per heavy atom. The van der Waals surface area contributed by atoms with Crippen molar-refractivity contribution < 1.29 is 9.40 Å². The van der Waals surface area contributed by atoms with Crippen molar-refractivity contribution in [1.82, 2.24) is 15.0 Å². The van der Waals surface area contributed by atoms with Crippen LogP contribution in [0.25, 0.3) is 33.3 Å². The summed E-state index contributed by atoms with van der Waals surface area (Å²) in [5.41, 5.74) is 13.7. The quantitative estimate of drug-likeness (QED) is 0.442. The molecular formula is C21H19N6O+. The molecule has 0 saturated heterocycles. The van der Waals surface area contributed by atoms with Crippen molar-refractivity contribution in [2.45, 2.75) is 13.8 Å². The van der Waals surface area contributed by atoms with Crippen molar-refractivity contribution >= 4 is 39.7 Å². The molecule has 0 aliphatic heterocycles. The molecule has 5 aromatic rings. The molecule has 138 valence electrons. The highest BCUT2D eigenvalue weighted by atomic mass is 16.4. The molecule has 2 aromatic carbocycles. The van der Waals surface area contributed by atoms with Gasteiger partial charge in [0.15, 0.2) is 5.58 Å². The fraction of sp³-hybridized carbons (Fsp3) is 0.0952. The summed E-state index contributed by atoms with van der Waals surface area (Å²) in [6.07, 6.45) is 3.50. The van der Waals surface area contributed by atoms with Crippen LogP contribution in [0.1, 0.15) is 11.1 Å². The third-order valence-corrected chi connectivity index (χ3v) is 4.82. The maximum atomic E-state index is 6.05. The van der Waals surface area contributed by atoms with Crippen LogP contribution in [0.4, 0.5) is 17.5 Å². The lowest BCUT2D eigenvalue weighted by molar-refractivity contribution is -0.352. The molecule has 0 radical (unpaired) electrons. The van der Waals surface area contributed by atoms with E-state index in [4.69, 9.17) is 10.2 Å². The van der Waals surface area contributed by atoms with Gasteiger partial charge in [-0.2, -0.15) is 4.98 Å². The fourth-order valence-electron chi connectivity index (χ4n) is 3.55. The number of H-pyrrole nitrogens is 2. The van der Waals surface area contributed by atoms with Gasteiger partial charge in [-0.1, -0.05) is 23.2 Å². The van der Waals surface area contributed by atoms with Gasteiger partial charge in [0.1, 0.15) is 10.9 Å². The molecule has 3 aromatic heterocycles. The number of fused-ring (bicyclic) bond motifs is 2. The average molecular weight is 371 g/mol. The molecule has 0 spiro atoms. The van der Waals surface area contributed by atoms with E-state index in [1.54, 1.807) is 6.33 Å². The molecule has 5 N–H and O–H groups in total. The summed E-state index contributed by atoms with van der Waals surface area (Å²) in [6.45, 7) is 4.08. The third kappa shape index (κ3) is 2.64. The molecule has 0 amide bonds. The van der Waals surface area contributed by atoms with E-state index < -0.39 is 0 Å². The Hall–Kier alpha value is -3.87. The zero-order chi connectivity index (χ0) is 19.3. The first-order valence-electron chi connectivity index (χ1n) is 8.97. The van der Waals surface area contributed by atoms with Crippen LogP contribution < -0.4 is 16.0 Å². The largest absolute Gasteiger partial charge is 0.423 e. The molecule has 5 rings (SSSR count). The van der Waals surface area contributed by atoms with Gasteiger partial charge < -0.3 is 15.5 Å². The van der Waals surface area contributed by atoms with Gasteiger partial charge in [0.2, 0.25) is 17.8 Å². The van der Waals surface area contributed by atoms with Crippen LogP contribution in [0.2, 0.25) is 0 Å². The Morgan fingerprint density at radius 1 is 1.14 bits per heavy atom. The molecule has 0 fully saturated rings. The topological polar surface area (TPSA) is 107 Å². The highest BCUT2D eigenvalue weighted by molar-refractivity contribution is 5.98. The molecule has 0 atom stereocenters. The maximum Gasteiger partial charge on any atom is 0.300 e. The number of aromatic nitrogens is 4. The number of oxazole rings is 1. The van der Waals surface area contributed by atoms with Crippen LogP contribution in [0.3, 0.4) is 0 Å². The van der Waals surface area contributed by atoms with Gasteiger partial charge in [0.05, 0.1) is 6.20 Å². The van der Waals surface area contributed by atoms with Gasteiger partial charge in [-0.15, -0.1) is 0 Å². The standard InChI is InChI=1S/C21H18N6O/c1-11-7-12(2)18-16(8-11)27-21(28-18)26-14-5-3-13(4-6-14)15-9-23-20-17(15)19(22)24-10-25-20/h3-10H,1-2H3,(H,26,27)(H3,22,23,24,25)/p+1. The minimum absolute atomic E-state index is 0.478. The van der Waals surface area contributed by atoms with Crippen LogP contribution in [0, 0.1) is 13.8 Å². The van der Waals surface area contributed by atoms with Crippen molar-refractivity contribution in [2.24, 2.45) is 0 Å². The minimum Gasteiger partial charge on any atom is -0.423 e. The molecule has 7 nitrogen and oxygen atoms in total. The highest BCUT2D eigenvalue weighted by Gasteiger charge is 2.15. The zero-order valence-electron chi connectivity index (χ0n) is 15.5. The molecule has 0 aliphatic carbocycles. The van der Waals surface area contributed by atoms with E-state index in [1.807, 2.05) is 43.5 Å². The van der Waals surface area contributed by atoms with E-state index in [9.17, 15) is 0 Å². The second kappa shape index (κ2) is 6.09. The summed E-state index contributed by atoms with van der Waals surface area (Å²) in [4.78, 5) is 14.9. The van der Waals surface area contributed by atoms with E-state index in [1.165, 1.54) is 5.56 Å². The van der Waals surface area contributed by atoms with Crippen molar-refractivity contribution in [3.05, 3.63) is 60.0 Å². The summed E-state index contributed by atoms with van der Waals surface area (Å²) < 4.78 is 5.88. The van der Waals surface area contributed by atoms with Crippen molar-refractivity contribution in [1.29, 1.82) is 0 Å². The predicted octanol–water partition coefficient (Wildman–Crippen LogP) is 4.13. The lowest BCUT2D eigenvalue weighted by Gasteiger charge is -2.03. The van der Waals surface area contributed by atoms with Gasteiger partial charge in [0.25, 0.3) is 6.01 Å². The summed E-state index contributed by atoms with van der Waals surface area (Å²) in [5, 5.41) is 4.11. The lowest BCUT2D eigenvalue weighted by Crippen LogP contribution is -2.06. The summed E-state index contributed by atoms with van der Waals surface area (Å²) >= 11 is 0. The molecular weight excluding hydrogens is 352 g/mol. The number of hydrogen-bond donors (Lipinski definition) is 3. The zero-order valence-corrected chi connectivity index (χ0v) is 15.5. The van der Waals surface area contributed by atoms with Crippen molar-refractivity contribution in [2.75, 3.05) is 11.1 Å². The number of benzene rings is 2. The number of rotatable bonds is 3. The van der Waals surface area contributed by atoms with Crippen LogP contribution in [-0.2, 0) is 0 Å². The first kappa shape index (κ1) is 16.3. The monoisotopic (exact) mass is 371 g/mol. The van der Waals surface area contributed by atoms with Crippen LogP contribution >= 0.6 is 0 Å². The van der Waals surface area contributed by atoms with Gasteiger partial charge in [-0.25, -0.2) is 4.98 Å². The smallest absolute Gasteiger partial charge is 0.300 e. The number of nitrogens with zero attached hydrogens (tertiary/aromatic N) is 2. The number of nitrogens with two attached hydrogens (primary N) is 1.